The summed E-state index contributed by atoms with van der Waals surface area (Å²) in [4.78, 5) is 19.3. The highest BCUT2D eigenvalue weighted by Crippen LogP contribution is 2.29. The smallest absolute Gasteiger partial charge is 0.258 e. The van der Waals surface area contributed by atoms with E-state index in [4.69, 9.17) is 11.6 Å². The summed E-state index contributed by atoms with van der Waals surface area (Å²) in [5.41, 5.74) is 2.52. The maximum Gasteiger partial charge on any atom is 0.258 e. The first-order valence-electron chi connectivity index (χ1n) is 8.39. The number of pyridine rings is 1. The second-order valence-electron chi connectivity index (χ2n) is 6.23. The summed E-state index contributed by atoms with van der Waals surface area (Å²) in [5.74, 6) is 0. The van der Waals surface area contributed by atoms with E-state index in [-0.39, 0.29) is 24.0 Å². The minimum absolute atomic E-state index is 0. The van der Waals surface area contributed by atoms with Gasteiger partial charge in [-0.05, 0) is 23.8 Å². The van der Waals surface area contributed by atoms with E-state index in [0.717, 1.165) is 35.9 Å². The fourth-order valence-electron chi connectivity index (χ4n) is 3.38. The van der Waals surface area contributed by atoms with E-state index in [1.807, 2.05) is 36.4 Å². The quantitative estimate of drug-likeness (QED) is 0.746. The zero-order valence-electron chi connectivity index (χ0n) is 14.1. The van der Waals surface area contributed by atoms with Crippen LogP contribution in [0.2, 0.25) is 5.02 Å². The minimum Gasteiger partial charge on any atom is -0.314 e. The molecule has 1 saturated heterocycles. The molecule has 1 unspecified atom stereocenters. The third kappa shape index (κ3) is 3.76. The third-order valence-corrected chi connectivity index (χ3v) is 4.95. The lowest BCUT2D eigenvalue weighted by atomic mass is 10.0. The Morgan fingerprint density at radius 1 is 1.19 bits per heavy atom. The summed E-state index contributed by atoms with van der Waals surface area (Å²) in [6, 6.07) is 15.3. The number of benzene rings is 1. The van der Waals surface area contributed by atoms with Crippen molar-refractivity contribution in [3.05, 3.63) is 81.4 Å². The average Bonchev–Trinajstić information content (AvgIpc) is 2.63. The molecule has 0 aliphatic carbocycles. The topological polar surface area (TPSA) is 49.6 Å². The summed E-state index contributed by atoms with van der Waals surface area (Å²) in [6.45, 7) is 3.24. The summed E-state index contributed by atoms with van der Waals surface area (Å²) in [6.07, 6.45) is 1.74. The molecule has 1 N–H and O–H groups in total. The number of nitrogens with one attached hydrogen (secondary N) is 1. The van der Waals surface area contributed by atoms with Crippen molar-refractivity contribution < 1.29 is 0 Å². The van der Waals surface area contributed by atoms with Gasteiger partial charge >= 0.3 is 0 Å². The van der Waals surface area contributed by atoms with Crippen molar-refractivity contribution in [3.8, 4) is 0 Å². The van der Waals surface area contributed by atoms with Crippen molar-refractivity contribution >= 4 is 29.7 Å². The van der Waals surface area contributed by atoms with Crippen LogP contribution in [-0.2, 0) is 6.54 Å². The predicted molar refractivity (Wildman–Crippen MR) is 106 cm³/mol. The largest absolute Gasteiger partial charge is 0.314 e. The lowest BCUT2D eigenvalue weighted by molar-refractivity contribution is 0.152. The zero-order valence-corrected chi connectivity index (χ0v) is 15.7. The third-order valence-electron chi connectivity index (χ3n) is 4.61. The SMILES string of the molecule is Cl.O=c1cc(CN2CCNCC2c2ccccc2Cl)nc2ccccn12. The van der Waals surface area contributed by atoms with Crippen molar-refractivity contribution in [1.82, 2.24) is 19.6 Å². The highest BCUT2D eigenvalue weighted by Gasteiger charge is 2.25. The van der Waals surface area contributed by atoms with Gasteiger partial charge in [0.15, 0.2) is 0 Å². The molecule has 5 nitrogen and oxygen atoms in total. The molecule has 1 fully saturated rings. The van der Waals surface area contributed by atoms with Gasteiger partial charge < -0.3 is 5.32 Å². The van der Waals surface area contributed by atoms with Gasteiger partial charge in [0.25, 0.3) is 5.56 Å². The van der Waals surface area contributed by atoms with E-state index in [1.54, 1.807) is 16.7 Å². The number of piperazine rings is 1. The van der Waals surface area contributed by atoms with Crippen LogP contribution in [0.3, 0.4) is 0 Å². The first kappa shape index (κ1) is 18.9. The summed E-state index contributed by atoms with van der Waals surface area (Å²) in [7, 11) is 0. The standard InChI is InChI=1S/C19H19ClN4O.ClH/c20-16-6-2-1-5-15(16)17-12-21-8-10-23(17)13-14-11-19(25)24-9-4-3-7-18(24)22-14;/h1-7,9,11,17,21H,8,10,12-13H2;1H. The molecule has 2 aromatic heterocycles. The summed E-state index contributed by atoms with van der Waals surface area (Å²) in [5, 5.41) is 4.20. The number of aromatic nitrogens is 2. The molecule has 0 saturated carbocycles. The normalized spacial score (nSPS) is 17.8. The molecule has 3 aromatic rings. The molecule has 1 atom stereocenters. The summed E-state index contributed by atoms with van der Waals surface area (Å²) < 4.78 is 1.56. The van der Waals surface area contributed by atoms with Crippen LogP contribution in [-0.4, -0.2) is 33.9 Å². The van der Waals surface area contributed by atoms with Crippen LogP contribution < -0.4 is 10.9 Å². The van der Waals surface area contributed by atoms with Crippen LogP contribution in [0.4, 0.5) is 0 Å². The van der Waals surface area contributed by atoms with Crippen LogP contribution in [0.5, 0.6) is 0 Å². The Hall–Kier alpha value is -1.92. The monoisotopic (exact) mass is 390 g/mol. The maximum absolute atomic E-state index is 12.3. The van der Waals surface area contributed by atoms with Crippen LogP contribution >= 0.6 is 24.0 Å². The fourth-order valence-corrected chi connectivity index (χ4v) is 3.64. The number of hydrogen-bond donors (Lipinski definition) is 1. The minimum atomic E-state index is -0.0509. The molecule has 3 heterocycles. The van der Waals surface area contributed by atoms with Gasteiger partial charge in [-0.25, -0.2) is 4.98 Å². The van der Waals surface area contributed by atoms with Crippen LogP contribution in [0.1, 0.15) is 17.3 Å². The number of halogens is 2. The van der Waals surface area contributed by atoms with E-state index < -0.39 is 0 Å². The number of nitrogens with zero attached hydrogens (tertiary/aromatic N) is 3. The van der Waals surface area contributed by atoms with E-state index >= 15 is 0 Å². The molecule has 26 heavy (non-hydrogen) atoms. The van der Waals surface area contributed by atoms with Crippen molar-refractivity contribution in [1.29, 1.82) is 0 Å². The van der Waals surface area contributed by atoms with Gasteiger partial charge in [-0.3, -0.25) is 14.1 Å². The highest BCUT2D eigenvalue weighted by atomic mass is 35.5. The predicted octanol–water partition coefficient (Wildman–Crippen LogP) is 2.92. The van der Waals surface area contributed by atoms with Gasteiger partial charge in [0.05, 0.1) is 5.69 Å². The van der Waals surface area contributed by atoms with Gasteiger partial charge in [0.1, 0.15) is 5.65 Å². The highest BCUT2D eigenvalue weighted by molar-refractivity contribution is 6.31. The second kappa shape index (κ2) is 8.18. The Morgan fingerprint density at radius 2 is 2.00 bits per heavy atom. The molecule has 0 amide bonds. The van der Waals surface area contributed by atoms with Crippen LogP contribution in [0.25, 0.3) is 5.65 Å². The van der Waals surface area contributed by atoms with E-state index in [9.17, 15) is 4.79 Å². The number of rotatable bonds is 3. The van der Waals surface area contributed by atoms with Gasteiger partial charge in [0.2, 0.25) is 0 Å². The van der Waals surface area contributed by atoms with Gasteiger partial charge in [-0.2, -0.15) is 0 Å². The Labute approximate surface area is 163 Å². The molecule has 7 heteroatoms. The van der Waals surface area contributed by atoms with Crippen molar-refractivity contribution in [2.45, 2.75) is 12.6 Å². The van der Waals surface area contributed by atoms with Gasteiger partial charge in [-0.1, -0.05) is 35.9 Å². The lowest BCUT2D eigenvalue weighted by Crippen LogP contribution is -2.45. The first-order valence-corrected chi connectivity index (χ1v) is 8.77. The van der Waals surface area contributed by atoms with Crippen molar-refractivity contribution in [3.63, 3.8) is 0 Å². The van der Waals surface area contributed by atoms with E-state index in [2.05, 4.69) is 21.3 Å². The average molecular weight is 391 g/mol. The molecular formula is C19H20Cl2N4O. The first-order chi connectivity index (χ1) is 12.2. The van der Waals surface area contributed by atoms with Gasteiger partial charge in [-0.15, -0.1) is 12.4 Å². The van der Waals surface area contributed by atoms with E-state index in [1.165, 1.54) is 0 Å². The van der Waals surface area contributed by atoms with Crippen LogP contribution in [0, 0.1) is 0 Å². The second-order valence-corrected chi connectivity index (χ2v) is 6.63. The maximum atomic E-state index is 12.3. The van der Waals surface area contributed by atoms with Crippen molar-refractivity contribution in [2.75, 3.05) is 19.6 Å². The Bertz CT molecular complexity index is 959. The lowest BCUT2D eigenvalue weighted by Gasteiger charge is -2.36. The molecular weight excluding hydrogens is 371 g/mol. The molecule has 1 aromatic carbocycles. The molecule has 1 aliphatic rings. The zero-order chi connectivity index (χ0) is 17.2. The Morgan fingerprint density at radius 3 is 2.85 bits per heavy atom. The molecule has 4 rings (SSSR count). The number of hydrogen-bond acceptors (Lipinski definition) is 4. The van der Waals surface area contributed by atoms with Crippen LogP contribution in [0.15, 0.2) is 59.5 Å². The molecule has 1 aliphatic heterocycles. The Kier molecular flexibility index (Phi) is 5.94. The van der Waals surface area contributed by atoms with E-state index in [0.29, 0.717) is 12.2 Å². The fraction of sp³-hybridized carbons (Fsp3) is 0.263. The Balaban J connectivity index is 0.00000196. The molecule has 136 valence electrons. The number of fused-ring (bicyclic) bond motifs is 1. The molecule has 0 bridgehead atoms. The molecule has 0 radical (unpaired) electrons. The van der Waals surface area contributed by atoms with Gasteiger partial charge in [0, 0.05) is 49.5 Å². The summed E-state index contributed by atoms with van der Waals surface area (Å²) >= 11 is 6.41. The molecule has 0 spiro atoms. The van der Waals surface area contributed by atoms with Crippen molar-refractivity contribution in [2.24, 2.45) is 0 Å².